The summed E-state index contributed by atoms with van der Waals surface area (Å²) in [6, 6.07) is 4.11. The highest BCUT2D eigenvalue weighted by Crippen LogP contribution is 2.38. The summed E-state index contributed by atoms with van der Waals surface area (Å²) in [5, 5.41) is 3.12. The van der Waals surface area contributed by atoms with Crippen LogP contribution in [0.15, 0.2) is 12.1 Å². The number of hydrogen-bond acceptors (Lipinski definition) is 5. The van der Waals surface area contributed by atoms with Crippen molar-refractivity contribution in [2.24, 2.45) is 0 Å². The van der Waals surface area contributed by atoms with Gasteiger partial charge in [0.2, 0.25) is 5.75 Å². The van der Waals surface area contributed by atoms with E-state index in [-0.39, 0.29) is 11.9 Å². The number of rotatable bonds is 6. The summed E-state index contributed by atoms with van der Waals surface area (Å²) in [7, 11) is 4.63. The molecule has 0 radical (unpaired) electrons. The summed E-state index contributed by atoms with van der Waals surface area (Å²) in [6.07, 6.45) is 1.93. The summed E-state index contributed by atoms with van der Waals surface area (Å²) in [5.41, 5.74) is 0.510. The van der Waals surface area contributed by atoms with Gasteiger partial charge in [-0.3, -0.25) is 4.79 Å². The second kappa shape index (κ2) is 8.24. The van der Waals surface area contributed by atoms with Gasteiger partial charge in [0.15, 0.2) is 11.5 Å². The van der Waals surface area contributed by atoms with E-state index in [0.717, 1.165) is 25.9 Å². The predicted molar refractivity (Wildman–Crippen MR) is 93.3 cm³/mol. The maximum Gasteiger partial charge on any atom is 0.251 e. The van der Waals surface area contributed by atoms with Gasteiger partial charge >= 0.3 is 0 Å². The van der Waals surface area contributed by atoms with Gasteiger partial charge in [-0.1, -0.05) is 0 Å². The fourth-order valence-electron chi connectivity index (χ4n) is 3.04. The van der Waals surface area contributed by atoms with Crippen LogP contribution in [0.25, 0.3) is 0 Å². The first kappa shape index (κ1) is 18.4. The number of nitrogens with one attached hydrogen (secondary N) is 1. The molecule has 0 unspecified atom stereocenters. The largest absolute Gasteiger partial charge is 0.493 e. The molecule has 2 rings (SSSR count). The Morgan fingerprint density at radius 1 is 1.08 bits per heavy atom. The van der Waals surface area contributed by atoms with Crippen LogP contribution >= 0.6 is 0 Å². The molecule has 0 bridgehead atoms. The number of nitrogens with zero attached hydrogens (tertiary/aromatic N) is 1. The first-order chi connectivity index (χ1) is 11.5. The van der Waals surface area contributed by atoms with E-state index in [9.17, 15) is 4.79 Å². The Kier molecular flexibility index (Phi) is 6.31. The Bertz CT molecular complexity index is 541. The van der Waals surface area contributed by atoms with E-state index in [4.69, 9.17) is 14.2 Å². The van der Waals surface area contributed by atoms with Crippen LogP contribution in [-0.2, 0) is 0 Å². The Morgan fingerprint density at radius 2 is 1.62 bits per heavy atom. The summed E-state index contributed by atoms with van der Waals surface area (Å²) >= 11 is 0. The van der Waals surface area contributed by atoms with Crippen LogP contribution < -0.4 is 19.5 Å². The van der Waals surface area contributed by atoms with Crippen LogP contribution in [0, 0.1) is 0 Å². The van der Waals surface area contributed by atoms with Crippen LogP contribution in [-0.4, -0.2) is 57.3 Å². The maximum absolute atomic E-state index is 12.6. The van der Waals surface area contributed by atoms with E-state index in [2.05, 4.69) is 24.1 Å². The van der Waals surface area contributed by atoms with Gasteiger partial charge in [0, 0.05) is 30.7 Å². The van der Waals surface area contributed by atoms with Crippen molar-refractivity contribution in [3.05, 3.63) is 17.7 Å². The van der Waals surface area contributed by atoms with Gasteiger partial charge in [0.05, 0.1) is 21.3 Å². The number of carbonyl (C=O) groups excluding carboxylic acids is 1. The van der Waals surface area contributed by atoms with Crippen LogP contribution in [0.4, 0.5) is 0 Å². The molecule has 1 amide bonds. The van der Waals surface area contributed by atoms with Gasteiger partial charge in [-0.25, -0.2) is 0 Å². The van der Waals surface area contributed by atoms with E-state index in [1.54, 1.807) is 33.5 Å². The average Bonchev–Trinajstić information content (AvgIpc) is 2.60. The third-order valence-corrected chi connectivity index (χ3v) is 4.52. The number of amides is 1. The summed E-state index contributed by atoms with van der Waals surface area (Å²) < 4.78 is 15.9. The molecule has 6 heteroatoms. The number of piperidine rings is 1. The van der Waals surface area contributed by atoms with Crippen molar-refractivity contribution in [2.45, 2.75) is 38.8 Å². The molecule has 1 saturated heterocycles. The van der Waals surface area contributed by atoms with E-state index in [1.807, 2.05) is 0 Å². The quantitative estimate of drug-likeness (QED) is 0.864. The third-order valence-electron chi connectivity index (χ3n) is 4.52. The highest BCUT2D eigenvalue weighted by Gasteiger charge is 2.23. The molecule has 1 aliphatic rings. The molecule has 1 fully saturated rings. The lowest BCUT2D eigenvalue weighted by molar-refractivity contribution is 0.0900. The highest BCUT2D eigenvalue weighted by atomic mass is 16.5. The Labute approximate surface area is 144 Å². The van der Waals surface area contributed by atoms with Crippen LogP contribution in [0.3, 0.4) is 0 Å². The fraction of sp³-hybridized carbons (Fsp3) is 0.611. The molecule has 1 N–H and O–H groups in total. The number of carbonyl (C=O) groups is 1. The Balaban J connectivity index is 2.07. The lowest BCUT2D eigenvalue weighted by Crippen LogP contribution is -2.46. The second-order valence-electron chi connectivity index (χ2n) is 6.29. The molecule has 1 aliphatic heterocycles. The number of methoxy groups -OCH3 is 3. The lowest BCUT2D eigenvalue weighted by atomic mass is 10.0. The zero-order chi connectivity index (χ0) is 17.7. The number of benzene rings is 1. The molecule has 134 valence electrons. The van der Waals surface area contributed by atoms with Crippen molar-refractivity contribution >= 4 is 5.91 Å². The first-order valence-electron chi connectivity index (χ1n) is 8.35. The molecule has 24 heavy (non-hydrogen) atoms. The van der Waals surface area contributed by atoms with Gasteiger partial charge in [-0.2, -0.15) is 0 Å². The summed E-state index contributed by atoms with van der Waals surface area (Å²) in [6.45, 7) is 6.43. The number of likely N-dealkylation sites (tertiary alicyclic amines) is 1. The lowest BCUT2D eigenvalue weighted by Gasteiger charge is -2.34. The van der Waals surface area contributed by atoms with Gasteiger partial charge < -0.3 is 24.4 Å². The zero-order valence-corrected chi connectivity index (χ0v) is 15.2. The predicted octanol–water partition coefficient (Wildman–Crippen LogP) is 2.32. The zero-order valence-electron chi connectivity index (χ0n) is 15.2. The molecule has 1 aromatic carbocycles. The Morgan fingerprint density at radius 3 is 2.04 bits per heavy atom. The van der Waals surface area contributed by atoms with Crippen molar-refractivity contribution in [1.82, 2.24) is 10.2 Å². The van der Waals surface area contributed by atoms with Crippen molar-refractivity contribution in [2.75, 3.05) is 34.4 Å². The molecule has 0 aromatic heterocycles. The molecule has 0 atom stereocenters. The molecule has 0 spiro atoms. The SMILES string of the molecule is COc1cc(C(=O)NC2CCN(C(C)C)CC2)cc(OC)c1OC. The van der Waals surface area contributed by atoms with Crippen molar-refractivity contribution < 1.29 is 19.0 Å². The third kappa shape index (κ3) is 4.12. The minimum Gasteiger partial charge on any atom is -0.493 e. The van der Waals surface area contributed by atoms with Crippen molar-refractivity contribution in [1.29, 1.82) is 0 Å². The van der Waals surface area contributed by atoms with E-state index < -0.39 is 0 Å². The molecule has 0 saturated carbocycles. The van der Waals surface area contributed by atoms with Gasteiger partial charge in [0.1, 0.15) is 0 Å². The molecule has 6 nitrogen and oxygen atoms in total. The summed E-state index contributed by atoms with van der Waals surface area (Å²) in [4.78, 5) is 15.0. The molecule has 0 aliphatic carbocycles. The maximum atomic E-state index is 12.6. The molecular weight excluding hydrogens is 308 g/mol. The summed E-state index contributed by atoms with van der Waals surface area (Å²) in [5.74, 6) is 1.34. The van der Waals surface area contributed by atoms with E-state index in [0.29, 0.717) is 28.9 Å². The number of hydrogen-bond donors (Lipinski definition) is 1. The first-order valence-corrected chi connectivity index (χ1v) is 8.35. The standard InChI is InChI=1S/C18H28N2O4/c1-12(2)20-8-6-14(7-9-20)19-18(21)13-10-15(22-3)17(24-5)16(11-13)23-4/h10-12,14H,6-9H2,1-5H3,(H,19,21). The van der Waals surface area contributed by atoms with Crippen molar-refractivity contribution in [3.63, 3.8) is 0 Å². The Hall–Kier alpha value is -1.95. The second-order valence-corrected chi connectivity index (χ2v) is 6.29. The monoisotopic (exact) mass is 336 g/mol. The van der Waals surface area contributed by atoms with Crippen LogP contribution in [0.1, 0.15) is 37.0 Å². The van der Waals surface area contributed by atoms with Gasteiger partial charge in [-0.15, -0.1) is 0 Å². The van der Waals surface area contributed by atoms with Crippen LogP contribution in [0.2, 0.25) is 0 Å². The molecular formula is C18H28N2O4. The highest BCUT2D eigenvalue weighted by molar-refractivity contribution is 5.95. The molecule has 1 aromatic rings. The van der Waals surface area contributed by atoms with E-state index in [1.165, 1.54) is 0 Å². The van der Waals surface area contributed by atoms with E-state index >= 15 is 0 Å². The fourth-order valence-corrected chi connectivity index (χ4v) is 3.04. The van der Waals surface area contributed by atoms with Gasteiger partial charge in [0.25, 0.3) is 5.91 Å². The average molecular weight is 336 g/mol. The number of ether oxygens (including phenoxy) is 3. The minimum atomic E-state index is -0.114. The van der Waals surface area contributed by atoms with Gasteiger partial charge in [-0.05, 0) is 38.8 Å². The smallest absolute Gasteiger partial charge is 0.251 e. The topological polar surface area (TPSA) is 60.0 Å². The van der Waals surface area contributed by atoms with Crippen LogP contribution in [0.5, 0.6) is 17.2 Å². The van der Waals surface area contributed by atoms with Crippen molar-refractivity contribution in [3.8, 4) is 17.2 Å². The molecule has 1 heterocycles. The normalized spacial score (nSPS) is 16.1. The minimum absolute atomic E-state index is 0.114.